The molecule has 0 aliphatic rings. The first-order valence-electron chi connectivity index (χ1n) is 8.12. The number of benzene rings is 1. The molecular formula is C18H19N3O3S. The molecule has 0 radical (unpaired) electrons. The molecule has 130 valence electrons. The predicted octanol–water partition coefficient (Wildman–Crippen LogP) is 3.32. The molecule has 0 aliphatic heterocycles. The Labute approximate surface area is 149 Å². The van der Waals surface area contributed by atoms with Gasteiger partial charge in [-0.15, -0.1) is 21.5 Å². The topological polar surface area (TPSA) is 77.2 Å². The highest BCUT2D eigenvalue weighted by Crippen LogP contribution is 2.22. The summed E-state index contributed by atoms with van der Waals surface area (Å²) in [4.78, 5) is 12.8. The van der Waals surface area contributed by atoms with Gasteiger partial charge in [-0.3, -0.25) is 4.79 Å². The molecule has 2 heterocycles. The van der Waals surface area contributed by atoms with Crippen LogP contribution in [0.5, 0.6) is 5.75 Å². The van der Waals surface area contributed by atoms with Gasteiger partial charge in [-0.25, -0.2) is 0 Å². The van der Waals surface area contributed by atoms with Crippen LogP contribution in [-0.4, -0.2) is 29.3 Å². The molecule has 3 rings (SSSR count). The van der Waals surface area contributed by atoms with E-state index < -0.39 is 0 Å². The monoisotopic (exact) mass is 357 g/mol. The van der Waals surface area contributed by atoms with E-state index in [0.29, 0.717) is 44.2 Å². The first-order valence-corrected chi connectivity index (χ1v) is 9.00. The number of amides is 1. The van der Waals surface area contributed by atoms with Crippen molar-refractivity contribution in [3.05, 3.63) is 53.7 Å². The lowest BCUT2D eigenvalue weighted by Crippen LogP contribution is -2.25. The summed E-state index contributed by atoms with van der Waals surface area (Å²) in [7, 11) is 0. The molecule has 2 aromatic heterocycles. The standard InChI is InChI=1S/C18H19N3O3S/c22-16(9-4-12-23-14-6-2-1-3-7-14)19-11-10-17-20-21-18(24-17)15-8-5-13-25-15/h1-3,5-8,13H,4,9-12H2,(H,19,22). The van der Waals surface area contributed by atoms with Gasteiger partial charge < -0.3 is 14.5 Å². The lowest BCUT2D eigenvalue weighted by molar-refractivity contribution is -0.121. The van der Waals surface area contributed by atoms with E-state index in [1.807, 2.05) is 47.8 Å². The molecule has 1 aromatic carbocycles. The number of carbonyl (C=O) groups is 1. The number of carbonyl (C=O) groups excluding carboxylic acids is 1. The van der Waals surface area contributed by atoms with Gasteiger partial charge in [-0.05, 0) is 30.0 Å². The van der Waals surface area contributed by atoms with Crippen molar-refractivity contribution in [1.29, 1.82) is 0 Å². The zero-order valence-electron chi connectivity index (χ0n) is 13.7. The fraction of sp³-hybridized carbons (Fsp3) is 0.278. The van der Waals surface area contributed by atoms with E-state index >= 15 is 0 Å². The van der Waals surface area contributed by atoms with Crippen LogP contribution < -0.4 is 10.1 Å². The van der Waals surface area contributed by atoms with Gasteiger partial charge in [0, 0.05) is 19.4 Å². The lowest BCUT2D eigenvalue weighted by atomic mass is 10.3. The van der Waals surface area contributed by atoms with Gasteiger partial charge in [0.1, 0.15) is 5.75 Å². The van der Waals surface area contributed by atoms with Crippen molar-refractivity contribution in [2.75, 3.05) is 13.2 Å². The van der Waals surface area contributed by atoms with Crippen LogP contribution in [-0.2, 0) is 11.2 Å². The minimum Gasteiger partial charge on any atom is -0.494 e. The highest BCUT2D eigenvalue weighted by Gasteiger charge is 2.09. The summed E-state index contributed by atoms with van der Waals surface area (Å²) in [5.74, 6) is 1.86. The number of ether oxygens (including phenoxy) is 1. The number of aromatic nitrogens is 2. The second-order valence-electron chi connectivity index (χ2n) is 5.34. The largest absolute Gasteiger partial charge is 0.494 e. The van der Waals surface area contributed by atoms with Crippen molar-refractivity contribution < 1.29 is 13.9 Å². The molecule has 0 unspecified atom stereocenters. The minimum absolute atomic E-state index is 0.00495. The Kier molecular flexibility index (Phi) is 6.17. The SMILES string of the molecule is O=C(CCCOc1ccccc1)NCCc1nnc(-c2cccs2)o1. The van der Waals surface area contributed by atoms with Crippen LogP contribution in [0.4, 0.5) is 0 Å². The zero-order valence-corrected chi connectivity index (χ0v) is 14.5. The van der Waals surface area contributed by atoms with Crippen molar-refractivity contribution in [2.24, 2.45) is 0 Å². The van der Waals surface area contributed by atoms with E-state index in [0.717, 1.165) is 10.6 Å². The molecule has 0 saturated carbocycles. The fourth-order valence-electron chi connectivity index (χ4n) is 2.19. The summed E-state index contributed by atoms with van der Waals surface area (Å²) < 4.78 is 11.1. The molecule has 1 amide bonds. The van der Waals surface area contributed by atoms with Crippen LogP contribution in [0.1, 0.15) is 18.7 Å². The smallest absolute Gasteiger partial charge is 0.257 e. The average Bonchev–Trinajstić information content (AvgIpc) is 3.31. The molecule has 0 fully saturated rings. The maximum absolute atomic E-state index is 11.8. The summed E-state index contributed by atoms with van der Waals surface area (Å²) in [5, 5.41) is 12.8. The Balaban J connectivity index is 1.30. The van der Waals surface area contributed by atoms with Gasteiger partial charge in [-0.1, -0.05) is 24.3 Å². The van der Waals surface area contributed by atoms with Crippen LogP contribution in [0.3, 0.4) is 0 Å². The van der Waals surface area contributed by atoms with Crippen LogP contribution in [0.2, 0.25) is 0 Å². The molecule has 0 bridgehead atoms. The first kappa shape index (κ1) is 17.2. The summed E-state index contributed by atoms with van der Waals surface area (Å²) in [6, 6.07) is 13.4. The van der Waals surface area contributed by atoms with Crippen molar-refractivity contribution in [1.82, 2.24) is 15.5 Å². The third-order valence-corrected chi connectivity index (χ3v) is 4.28. The maximum atomic E-state index is 11.8. The molecule has 7 heteroatoms. The van der Waals surface area contributed by atoms with Gasteiger partial charge in [-0.2, -0.15) is 0 Å². The summed E-state index contributed by atoms with van der Waals surface area (Å²) in [5.41, 5.74) is 0. The molecule has 3 aromatic rings. The number of rotatable bonds is 9. The second-order valence-corrected chi connectivity index (χ2v) is 6.29. The number of thiophene rings is 1. The summed E-state index contributed by atoms with van der Waals surface area (Å²) in [6.07, 6.45) is 1.62. The molecule has 0 spiro atoms. The maximum Gasteiger partial charge on any atom is 0.257 e. The third-order valence-electron chi connectivity index (χ3n) is 3.42. The molecule has 1 N–H and O–H groups in total. The second kappa shape index (κ2) is 8.98. The molecule has 6 nitrogen and oxygen atoms in total. The molecule has 0 atom stereocenters. The molecule has 0 saturated heterocycles. The van der Waals surface area contributed by atoms with Crippen LogP contribution in [0.15, 0.2) is 52.3 Å². The van der Waals surface area contributed by atoms with Crippen LogP contribution in [0, 0.1) is 0 Å². The van der Waals surface area contributed by atoms with E-state index in [1.165, 1.54) is 0 Å². The van der Waals surface area contributed by atoms with Gasteiger partial charge in [0.05, 0.1) is 11.5 Å². The Morgan fingerprint density at radius 2 is 2.04 bits per heavy atom. The van der Waals surface area contributed by atoms with Gasteiger partial charge in [0.25, 0.3) is 5.89 Å². The molecular weight excluding hydrogens is 338 g/mol. The van der Waals surface area contributed by atoms with Crippen molar-refractivity contribution >= 4 is 17.2 Å². The van der Waals surface area contributed by atoms with Crippen LogP contribution in [0.25, 0.3) is 10.8 Å². The first-order chi connectivity index (χ1) is 12.3. The highest BCUT2D eigenvalue weighted by atomic mass is 32.1. The number of para-hydroxylation sites is 1. The Morgan fingerprint density at radius 1 is 1.16 bits per heavy atom. The van der Waals surface area contributed by atoms with E-state index in [1.54, 1.807) is 11.3 Å². The molecule has 25 heavy (non-hydrogen) atoms. The predicted molar refractivity (Wildman–Crippen MR) is 95.5 cm³/mol. The van der Waals surface area contributed by atoms with Crippen molar-refractivity contribution in [3.63, 3.8) is 0 Å². The van der Waals surface area contributed by atoms with E-state index in [-0.39, 0.29) is 5.91 Å². The third kappa shape index (κ3) is 5.42. The fourth-order valence-corrected chi connectivity index (χ4v) is 2.84. The Hall–Kier alpha value is -2.67. The van der Waals surface area contributed by atoms with Gasteiger partial charge in [0.15, 0.2) is 0 Å². The number of hydrogen-bond donors (Lipinski definition) is 1. The lowest BCUT2D eigenvalue weighted by Gasteiger charge is -2.06. The van der Waals surface area contributed by atoms with Crippen molar-refractivity contribution in [3.8, 4) is 16.5 Å². The zero-order chi connectivity index (χ0) is 17.3. The van der Waals surface area contributed by atoms with Crippen molar-refractivity contribution in [2.45, 2.75) is 19.3 Å². The minimum atomic E-state index is -0.00495. The number of hydrogen-bond acceptors (Lipinski definition) is 6. The van der Waals surface area contributed by atoms with E-state index in [9.17, 15) is 4.79 Å². The quantitative estimate of drug-likeness (QED) is 0.595. The van der Waals surface area contributed by atoms with E-state index in [4.69, 9.17) is 9.15 Å². The average molecular weight is 357 g/mol. The summed E-state index contributed by atoms with van der Waals surface area (Å²) in [6.45, 7) is 0.996. The molecule has 0 aliphatic carbocycles. The summed E-state index contributed by atoms with van der Waals surface area (Å²) >= 11 is 1.55. The normalized spacial score (nSPS) is 10.6. The van der Waals surface area contributed by atoms with E-state index in [2.05, 4.69) is 15.5 Å². The Bertz CT molecular complexity index is 772. The number of nitrogens with zero attached hydrogens (tertiary/aromatic N) is 2. The highest BCUT2D eigenvalue weighted by molar-refractivity contribution is 7.13. The Morgan fingerprint density at radius 3 is 2.84 bits per heavy atom. The number of nitrogens with one attached hydrogen (secondary N) is 1. The van der Waals surface area contributed by atoms with Gasteiger partial charge in [0.2, 0.25) is 11.8 Å². The van der Waals surface area contributed by atoms with Gasteiger partial charge >= 0.3 is 0 Å². The van der Waals surface area contributed by atoms with Crippen LogP contribution >= 0.6 is 11.3 Å².